The number of rotatable bonds is 9. The summed E-state index contributed by atoms with van der Waals surface area (Å²) in [6.45, 7) is 4.02. The van der Waals surface area contributed by atoms with Crippen molar-refractivity contribution in [2.75, 3.05) is 44.2 Å². The number of hydrogen-bond acceptors (Lipinski definition) is 5. The molecule has 2 heterocycles. The van der Waals surface area contributed by atoms with E-state index in [2.05, 4.69) is 0 Å². The third kappa shape index (κ3) is 8.35. The van der Waals surface area contributed by atoms with Gasteiger partial charge >= 0.3 is 5.97 Å². The lowest BCUT2D eigenvalue weighted by molar-refractivity contribution is -0.138. The minimum Gasteiger partial charge on any atom is -0.489 e. The summed E-state index contributed by atoms with van der Waals surface area (Å²) < 4.78 is 65.9. The number of carboxylic acid groups (broad SMARTS) is 1. The van der Waals surface area contributed by atoms with Crippen molar-refractivity contribution < 1.29 is 32.2 Å². The molecule has 45 heavy (non-hydrogen) atoms. The molecular weight excluding hydrogens is 586 g/mol. The van der Waals surface area contributed by atoms with E-state index in [1.165, 1.54) is 17.0 Å². The number of carbonyl (C=O) groups is 1. The van der Waals surface area contributed by atoms with Gasteiger partial charge in [-0.25, -0.2) is 17.6 Å². The Balaban J connectivity index is 1.40. The van der Waals surface area contributed by atoms with E-state index < -0.39 is 36.6 Å². The molecule has 0 amide bonds. The zero-order chi connectivity index (χ0) is 31.9. The number of carboxylic acids is 1. The van der Waals surface area contributed by atoms with Crippen molar-refractivity contribution in [3.8, 4) is 5.75 Å². The van der Waals surface area contributed by atoms with E-state index in [1.54, 1.807) is 12.1 Å². The zero-order valence-corrected chi connectivity index (χ0v) is 25.6. The number of ether oxygens (including phenoxy) is 1. The highest BCUT2D eigenvalue weighted by Crippen LogP contribution is 2.42. The molecule has 0 spiro atoms. The van der Waals surface area contributed by atoms with E-state index in [1.807, 2.05) is 53.1 Å². The standard InChI is InChI=1S/C35H41F4N3O3/c1-24-17-26-18-28(45-23-25-9-3-2-4-10-25)11-12-29(26)35(42(24)21-32(38)39)34-30(36)19-27(20-31(34)37)41-15-7-5-13-40(22-33(43)44)14-6-8-16-41/h2-4,9-12,18-20,24,32,35H,5-8,13-17,21-23H2,1H3,(H,43,44)/t24-,35?/m1/s1. The Bertz CT molecular complexity index is 1410. The van der Waals surface area contributed by atoms with Crippen LogP contribution in [0, 0.1) is 11.6 Å². The molecule has 3 aromatic rings. The molecule has 1 unspecified atom stereocenters. The van der Waals surface area contributed by atoms with Gasteiger partial charge in [-0.15, -0.1) is 0 Å². The van der Waals surface area contributed by atoms with Crippen LogP contribution in [0.3, 0.4) is 0 Å². The van der Waals surface area contributed by atoms with E-state index in [9.17, 15) is 13.6 Å². The molecule has 2 aliphatic rings. The fraction of sp³-hybridized carbons (Fsp3) is 0.457. The van der Waals surface area contributed by atoms with Crippen LogP contribution in [0.1, 0.15) is 60.9 Å². The molecule has 0 bridgehead atoms. The number of benzene rings is 3. The van der Waals surface area contributed by atoms with Crippen LogP contribution in [-0.2, 0) is 17.8 Å². The summed E-state index contributed by atoms with van der Waals surface area (Å²) in [5.41, 5.74) is 2.61. The van der Waals surface area contributed by atoms with Gasteiger partial charge in [0.2, 0.25) is 0 Å². The Morgan fingerprint density at radius 2 is 1.58 bits per heavy atom. The van der Waals surface area contributed by atoms with E-state index in [-0.39, 0.29) is 18.2 Å². The molecule has 5 rings (SSSR count). The summed E-state index contributed by atoms with van der Waals surface area (Å²) in [4.78, 5) is 16.5. The van der Waals surface area contributed by atoms with E-state index >= 15 is 8.78 Å². The molecule has 2 aliphatic heterocycles. The highest BCUT2D eigenvalue weighted by molar-refractivity contribution is 5.69. The molecule has 242 valence electrons. The van der Waals surface area contributed by atoms with Gasteiger partial charge in [-0.1, -0.05) is 36.4 Å². The number of anilines is 1. The largest absolute Gasteiger partial charge is 0.489 e. The third-order valence-corrected chi connectivity index (χ3v) is 8.79. The van der Waals surface area contributed by atoms with Crippen LogP contribution in [0.2, 0.25) is 0 Å². The molecule has 6 nitrogen and oxygen atoms in total. The molecule has 2 atom stereocenters. The van der Waals surface area contributed by atoms with Crippen LogP contribution in [0.5, 0.6) is 5.75 Å². The second-order valence-corrected chi connectivity index (χ2v) is 12.1. The van der Waals surface area contributed by atoms with Crippen molar-refractivity contribution in [2.24, 2.45) is 0 Å². The van der Waals surface area contributed by atoms with Gasteiger partial charge < -0.3 is 14.7 Å². The maximum atomic E-state index is 16.1. The predicted molar refractivity (Wildman–Crippen MR) is 166 cm³/mol. The summed E-state index contributed by atoms with van der Waals surface area (Å²) in [6.07, 6.45) is 0.791. The third-order valence-electron chi connectivity index (χ3n) is 8.79. The first-order valence-corrected chi connectivity index (χ1v) is 15.7. The van der Waals surface area contributed by atoms with Gasteiger partial charge in [-0.2, -0.15) is 0 Å². The molecule has 0 radical (unpaired) electrons. The van der Waals surface area contributed by atoms with Crippen molar-refractivity contribution in [2.45, 2.75) is 64.1 Å². The Hall–Kier alpha value is -3.63. The van der Waals surface area contributed by atoms with Gasteiger partial charge in [0.25, 0.3) is 6.43 Å². The summed E-state index contributed by atoms with van der Waals surface area (Å²) >= 11 is 0. The minimum atomic E-state index is -2.67. The van der Waals surface area contributed by atoms with Gasteiger partial charge in [-0.3, -0.25) is 14.6 Å². The van der Waals surface area contributed by atoms with Crippen LogP contribution < -0.4 is 9.64 Å². The van der Waals surface area contributed by atoms with Crippen LogP contribution in [-0.4, -0.2) is 72.6 Å². The average molecular weight is 628 g/mol. The second-order valence-electron chi connectivity index (χ2n) is 12.1. The molecular formula is C35H41F4N3O3. The first kappa shape index (κ1) is 32.8. The first-order chi connectivity index (χ1) is 21.7. The summed E-state index contributed by atoms with van der Waals surface area (Å²) in [5.74, 6) is -1.76. The lowest BCUT2D eigenvalue weighted by atomic mass is 9.84. The molecule has 10 heteroatoms. The lowest BCUT2D eigenvalue weighted by Gasteiger charge is -2.42. The Labute approximate surface area is 262 Å². The normalized spacial score (nSPS) is 20.2. The van der Waals surface area contributed by atoms with Gasteiger partial charge in [-0.05, 0) is 93.1 Å². The monoisotopic (exact) mass is 627 g/mol. The molecule has 1 fully saturated rings. The fourth-order valence-corrected chi connectivity index (χ4v) is 6.61. The van der Waals surface area contributed by atoms with Crippen molar-refractivity contribution >= 4 is 11.7 Å². The highest BCUT2D eigenvalue weighted by Gasteiger charge is 2.38. The summed E-state index contributed by atoms with van der Waals surface area (Å²) in [5, 5.41) is 9.15. The topological polar surface area (TPSA) is 56.3 Å². The van der Waals surface area contributed by atoms with Gasteiger partial charge in [0, 0.05) is 30.4 Å². The van der Waals surface area contributed by atoms with Crippen molar-refractivity contribution in [1.82, 2.24) is 9.80 Å². The van der Waals surface area contributed by atoms with Crippen molar-refractivity contribution in [1.29, 1.82) is 0 Å². The zero-order valence-electron chi connectivity index (χ0n) is 25.6. The number of fused-ring (bicyclic) bond motifs is 1. The number of halogens is 4. The second kappa shape index (κ2) is 15.1. The van der Waals surface area contributed by atoms with E-state index in [4.69, 9.17) is 9.84 Å². The van der Waals surface area contributed by atoms with Gasteiger partial charge in [0.15, 0.2) is 0 Å². The Morgan fingerprint density at radius 3 is 2.20 bits per heavy atom. The van der Waals surface area contributed by atoms with Gasteiger partial charge in [0.1, 0.15) is 24.0 Å². The number of nitrogens with zero attached hydrogens (tertiary/aromatic N) is 3. The number of aliphatic carboxylic acids is 1. The highest BCUT2D eigenvalue weighted by atomic mass is 19.3. The lowest BCUT2D eigenvalue weighted by Crippen LogP contribution is -2.45. The Kier molecular flexibility index (Phi) is 11.0. The molecule has 1 N–H and O–H groups in total. The van der Waals surface area contributed by atoms with Crippen LogP contribution in [0.25, 0.3) is 0 Å². The molecule has 0 aromatic heterocycles. The number of hydrogen-bond donors (Lipinski definition) is 1. The molecule has 0 saturated carbocycles. The van der Waals surface area contributed by atoms with E-state index in [0.717, 1.165) is 36.8 Å². The SMILES string of the molecule is C[C@@H]1Cc2cc(OCc3ccccc3)ccc2C(c2c(F)cc(N3CCCCN(CC(=O)O)CCCC3)cc2F)N1CC(F)F. The molecule has 1 saturated heterocycles. The Morgan fingerprint density at radius 1 is 0.933 bits per heavy atom. The van der Waals surface area contributed by atoms with Crippen molar-refractivity contribution in [3.63, 3.8) is 0 Å². The maximum Gasteiger partial charge on any atom is 0.317 e. The molecule has 3 aromatic carbocycles. The van der Waals surface area contributed by atoms with Crippen LogP contribution in [0.4, 0.5) is 23.2 Å². The predicted octanol–water partition coefficient (Wildman–Crippen LogP) is 6.91. The smallest absolute Gasteiger partial charge is 0.317 e. The van der Waals surface area contributed by atoms with Crippen LogP contribution in [0.15, 0.2) is 60.7 Å². The molecule has 0 aliphatic carbocycles. The van der Waals surface area contributed by atoms with Gasteiger partial charge in [0.05, 0.1) is 19.1 Å². The quantitative estimate of drug-likeness (QED) is 0.260. The first-order valence-electron chi connectivity index (χ1n) is 15.7. The minimum absolute atomic E-state index is 0.00904. The summed E-state index contributed by atoms with van der Waals surface area (Å²) in [7, 11) is 0. The van der Waals surface area contributed by atoms with Crippen molar-refractivity contribution in [3.05, 3.63) is 94.6 Å². The average Bonchev–Trinajstić information content (AvgIpc) is 3.00. The number of alkyl halides is 2. The summed E-state index contributed by atoms with van der Waals surface area (Å²) in [6, 6.07) is 16.3. The van der Waals surface area contributed by atoms with E-state index in [0.29, 0.717) is 56.2 Å². The maximum absolute atomic E-state index is 16.1. The van der Waals surface area contributed by atoms with Crippen LogP contribution >= 0.6 is 0 Å². The fourth-order valence-electron chi connectivity index (χ4n) is 6.61.